The highest BCUT2D eigenvalue weighted by Crippen LogP contribution is 2.41. The summed E-state index contributed by atoms with van der Waals surface area (Å²) in [6.07, 6.45) is 5.25. The van der Waals surface area contributed by atoms with Gasteiger partial charge in [0.05, 0.1) is 22.5 Å². The Morgan fingerprint density at radius 1 is 1.11 bits per heavy atom. The molecule has 5 heterocycles. The van der Waals surface area contributed by atoms with Crippen LogP contribution in [0.15, 0.2) is 55.4 Å². The molecule has 0 radical (unpaired) electrons. The van der Waals surface area contributed by atoms with Crippen LogP contribution in [0.4, 0.5) is 10.2 Å². The molecule has 3 aromatic heterocycles. The summed E-state index contributed by atoms with van der Waals surface area (Å²) in [4.78, 5) is 32.7. The third-order valence-electron chi connectivity index (χ3n) is 8.58. The number of hydrogen-bond acceptors (Lipinski definition) is 9. The molecular weight excluding hydrogens is 611 g/mol. The Balaban J connectivity index is 1.32. The van der Waals surface area contributed by atoms with E-state index in [0.717, 1.165) is 25.1 Å². The summed E-state index contributed by atoms with van der Waals surface area (Å²) in [7, 11) is 0. The Hall–Kier alpha value is -4.81. The van der Waals surface area contributed by atoms with Crippen molar-refractivity contribution in [2.24, 2.45) is 0 Å². The van der Waals surface area contributed by atoms with Crippen LogP contribution in [0.5, 0.6) is 23.4 Å². The quantitative estimate of drug-likeness (QED) is 0.218. The largest absolute Gasteiger partial charge is 0.434 e. The monoisotopic (exact) mass is 642 g/mol. The predicted molar refractivity (Wildman–Crippen MR) is 173 cm³/mol. The number of aromatic nitrogens is 5. The number of amides is 1. The summed E-state index contributed by atoms with van der Waals surface area (Å²) < 4.78 is 27.5. The van der Waals surface area contributed by atoms with Crippen molar-refractivity contribution in [2.45, 2.75) is 32.9 Å². The van der Waals surface area contributed by atoms with Crippen molar-refractivity contribution < 1.29 is 18.7 Å². The number of ether oxygens (including phenoxy) is 2. The van der Waals surface area contributed by atoms with Gasteiger partial charge in [-0.1, -0.05) is 30.3 Å². The van der Waals surface area contributed by atoms with E-state index >= 15 is 0 Å². The van der Waals surface area contributed by atoms with Gasteiger partial charge in [0, 0.05) is 63.1 Å². The highest BCUT2D eigenvalue weighted by molar-refractivity contribution is 6.33. The van der Waals surface area contributed by atoms with Gasteiger partial charge in [-0.3, -0.25) is 14.8 Å². The van der Waals surface area contributed by atoms with Gasteiger partial charge >= 0.3 is 6.01 Å². The van der Waals surface area contributed by atoms with Gasteiger partial charge in [0.15, 0.2) is 5.75 Å². The maximum atomic E-state index is 14.8. The van der Waals surface area contributed by atoms with Crippen LogP contribution in [-0.2, 0) is 17.8 Å². The van der Waals surface area contributed by atoms with E-state index in [-0.39, 0.29) is 28.6 Å². The molecule has 13 heteroatoms. The van der Waals surface area contributed by atoms with E-state index in [9.17, 15) is 9.18 Å². The van der Waals surface area contributed by atoms with Crippen molar-refractivity contribution in [2.75, 3.05) is 37.6 Å². The first-order valence-electron chi connectivity index (χ1n) is 15.2. The number of carbonyl (C=O) groups excluding carboxylic acids is 1. The molecule has 236 valence electrons. The molecule has 1 fully saturated rings. The molecule has 0 spiro atoms. The molecule has 46 heavy (non-hydrogen) atoms. The highest BCUT2D eigenvalue weighted by Gasteiger charge is 2.27. The van der Waals surface area contributed by atoms with Crippen molar-refractivity contribution in [1.29, 1.82) is 0 Å². The van der Waals surface area contributed by atoms with Crippen LogP contribution in [0, 0.1) is 5.82 Å². The van der Waals surface area contributed by atoms with Crippen LogP contribution < -0.4 is 14.4 Å². The number of benzene rings is 2. The summed E-state index contributed by atoms with van der Waals surface area (Å²) in [5.41, 5.74) is 3.11. The molecule has 0 aliphatic carbocycles. The first-order valence-corrected chi connectivity index (χ1v) is 15.5. The molecule has 1 amide bonds. The number of nitrogens with zero attached hydrogens (tertiary/aromatic N) is 7. The molecule has 5 aromatic rings. The lowest BCUT2D eigenvalue weighted by atomic mass is 9.98. The van der Waals surface area contributed by atoms with Gasteiger partial charge in [-0.25, -0.2) is 9.37 Å². The molecule has 1 N–H and O–H groups in total. The van der Waals surface area contributed by atoms with Crippen LogP contribution in [0.3, 0.4) is 0 Å². The summed E-state index contributed by atoms with van der Waals surface area (Å²) in [5.74, 6) is 0.684. The zero-order chi connectivity index (χ0) is 31.9. The first-order chi connectivity index (χ1) is 22.3. The normalized spacial score (nSPS) is 15.4. The van der Waals surface area contributed by atoms with Gasteiger partial charge in [0.2, 0.25) is 11.8 Å². The second-order valence-corrected chi connectivity index (χ2v) is 12.0. The average molecular weight is 643 g/mol. The third kappa shape index (κ3) is 5.47. The lowest BCUT2D eigenvalue weighted by molar-refractivity contribution is -0.126. The van der Waals surface area contributed by atoms with Crippen molar-refractivity contribution in [1.82, 2.24) is 34.9 Å². The van der Waals surface area contributed by atoms with E-state index < -0.39 is 5.82 Å². The van der Waals surface area contributed by atoms with Crippen molar-refractivity contribution >= 4 is 45.1 Å². The zero-order valence-electron chi connectivity index (χ0n) is 25.5. The van der Waals surface area contributed by atoms with Crippen LogP contribution in [0.25, 0.3) is 21.8 Å². The Morgan fingerprint density at radius 3 is 2.72 bits per heavy atom. The highest BCUT2D eigenvalue weighted by atomic mass is 35.5. The van der Waals surface area contributed by atoms with Gasteiger partial charge in [0.1, 0.15) is 27.9 Å². The fraction of sp³-hybridized carbons (Fsp3) is 0.303. The minimum absolute atomic E-state index is 0.0661. The van der Waals surface area contributed by atoms with Crippen LogP contribution in [0.1, 0.15) is 25.0 Å². The lowest BCUT2D eigenvalue weighted by Crippen LogP contribution is -2.48. The fourth-order valence-corrected chi connectivity index (χ4v) is 6.25. The summed E-state index contributed by atoms with van der Waals surface area (Å²) >= 11 is 6.39. The van der Waals surface area contributed by atoms with Gasteiger partial charge in [0.25, 0.3) is 0 Å². The van der Waals surface area contributed by atoms with Crippen LogP contribution in [-0.4, -0.2) is 79.6 Å². The number of aromatic amines is 1. The smallest absolute Gasteiger partial charge is 0.324 e. The second kappa shape index (κ2) is 12.2. The van der Waals surface area contributed by atoms with Crippen molar-refractivity contribution in [3.8, 4) is 23.4 Å². The molecule has 1 saturated heterocycles. The molecule has 0 unspecified atom stereocenters. The minimum Gasteiger partial charge on any atom is -0.434 e. The van der Waals surface area contributed by atoms with Gasteiger partial charge in [-0.05, 0) is 44.0 Å². The van der Waals surface area contributed by atoms with E-state index in [1.54, 1.807) is 17.2 Å². The average Bonchev–Trinajstić information content (AvgIpc) is 3.54. The Labute approximate surface area is 269 Å². The SMILES string of the molecule is C=CC(=O)N1CCN(c2nc(Oc3cccc4c3CCN(C(C)C)C4)nc3c(Oc4c(Cl)c(F)cc5[nH]ncc45)nccc23)CC1. The molecule has 7 rings (SSSR count). The maximum Gasteiger partial charge on any atom is 0.324 e. The fourth-order valence-electron chi connectivity index (χ4n) is 6.06. The molecule has 2 aliphatic heterocycles. The number of pyridine rings is 1. The Kier molecular flexibility index (Phi) is 7.91. The van der Waals surface area contributed by atoms with E-state index in [1.165, 1.54) is 23.9 Å². The number of H-pyrrole nitrogens is 1. The third-order valence-corrected chi connectivity index (χ3v) is 8.93. The number of fused-ring (bicyclic) bond motifs is 3. The molecule has 0 atom stereocenters. The number of rotatable bonds is 7. The molecule has 0 saturated carbocycles. The van der Waals surface area contributed by atoms with E-state index in [1.807, 2.05) is 12.1 Å². The molecule has 2 aliphatic rings. The van der Waals surface area contributed by atoms with Gasteiger partial charge in [-0.15, -0.1) is 0 Å². The lowest BCUT2D eigenvalue weighted by Gasteiger charge is -2.35. The standard InChI is InChI=1S/C33H32ClFN8O3/c1-4-27(44)41-12-14-42(15-13-41)31-22-8-10-36-32(46-30-23-17-37-40-25(23)16-24(35)28(30)34)29(22)38-33(39-31)45-26-7-5-6-20-18-43(19(2)3)11-9-21(20)26/h4-8,10,16-17,19H,1,9,11-15,18H2,2-3H3,(H,37,40). The van der Waals surface area contributed by atoms with Crippen LogP contribution in [0.2, 0.25) is 5.02 Å². The zero-order valence-corrected chi connectivity index (χ0v) is 26.2. The molecule has 2 aromatic carbocycles. The summed E-state index contributed by atoms with van der Waals surface area (Å²) in [6.45, 7) is 11.8. The predicted octanol–water partition coefficient (Wildman–Crippen LogP) is 5.88. The van der Waals surface area contributed by atoms with Crippen molar-refractivity contribution in [3.63, 3.8) is 0 Å². The first kappa shape index (κ1) is 29.9. The van der Waals surface area contributed by atoms with Gasteiger partial charge < -0.3 is 19.3 Å². The molecular formula is C33H32ClFN8O3. The summed E-state index contributed by atoms with van der Waals surface area (Å²) in [5, 5.41) is 7.71. The van der Waals surface area contributed by atoms with Crippen molar-refractivity contribution in [3.05, 3.63) is 77.3 Å². The maximum absolute atomic E-state index is 14.8. The topological polar surface area (TPSA) is 113 Å². The number of piperazine rings is 1. The Bertz CT molecular complexity index is 1970. The second-order valence-electron chi connectivity index (χ2n) is 11.6. The number of nitrogens with one attached hydrogen (secondary N) is 1. The molecule has 0 bridgehead atoms. The number of anilines is 1. The Morgan fingerprint density at radius 2 is 1.93 bits per heavy atom. The van der Waals surface area contributed by atoms with E-state index in [2.05, 4.69) is 51.5 Å². The van der Waals surface area contributed by atoms with Gasteiger partial charge in [-0.2, -0.15) is 15.1 Å². The summed E-state index contributed by atoms with van der Waals surface area (Å²) in [6, 6.07) is 9.65. The molecule has 11 nitrogen and oxygen atoms in total. The number of hydrogen-bond donors (Lipinski definition) is 1. The van der Waals surface area contributed by atoms with E-state index in [0.29, 0.717) is 65.6 Å². The minimum atomic E-state index is -0.662. The number of carbonyl (C=O) groups is 1. The number of halogens is 2. The van der Waals surface area contributed by atoms with Crippen LogP contribution >= 0.6 is 11.6 Å². The van der Waals surface area contributed by atoms with E-state index in [4.69, 9.17) is 31.0 Å².